The highest BCUT2D eigenvalue weighted by atomic mass is 32.2. The normalized spacial score (nSPS) is 12.8. The predicted octanol–water partition coefficient (Wildman–Crippen LogP) is 2.23. The van der Waals surface area contributed by atoms with Crippen molar-refractivity contribution in [2.24, 2.45) is 5.14 Å². The molecule has 1 aromatic carbocycles. The number of primary sulfonamides is 1. The van der Waals surface area contributed by atoms with Crippen LogP contribution >= 0.6 is 0 Å². The largest absolute Gasteiger partial charge is 0.433 e. The first kappa shape index (κ1) is 14.8. The van der Waals surface area contributed by atoms with E-state index < -0.39 is 27.3 Å². The average molecular weight is 279 g/mol. The van der Waals surface area contributed by atoms with Crippen LogP contribution in [0.5, 0.6) is 5.75 Å². The third-order valence-corrected chi connectivity index (χ3v) is 3.26. The first-order valence-electron chi connectivity index (χ1n) is 5.14. The number of alkyl halides is 2. The molecule has 0 radical (unpaired) electrons. The second-order valence-corrected chi connectivity index (χ2v) is 6.36. The summed E-state index contributed by atoms with van der Waals surface area (Å²) in [5, 5.41) is 4.99. The van der Waals surface area contributed by atoms with E-state index in [1.165, 1.54) is 18.2 Å². The van der Waals surface area contributed by atoms with E-state index >= 15 is 0 Å². The van der Waals surface area contributed by atoms with E-state index in [0.29, 0.717) is 5.56 Å². The Balaban J connectivity index is 3.40. The van der Waals surface area contributed by atoms with Crippen molar-refractivity contribution in [1.82, 2.24) is 0 Å². The molecule has 102 valence electrons. The molecule has 0 aromatic heterocycles. The quantitative estimate of drug-likeness (QED) is 0.922. The number of rotatable bonds is 3. The van der Waals surface area contributed by atoms with Gasteiger partial charge in [-0.25, -0.2) is 13.6 Å². The van der Waals surface area contributed by atoms with Crippen molar-refractivity contribution in [3.05, 3.63) is 23.8 Å². The number of hydrogen-bond donors (Lipinski definition) is 1. The SMILES string of the molecule is CC(C)(C)c1ccc(OC(F)F)c(S(N)(=O)=O)c1. The Hall–Kier alpha value is -1.21. The summed E-state index contributed by atoms with van der Waals surface area (Å²) in [4.78, 5) is -0.435. The summed E-state index contributed by atoms with van der Waals surface area (Å²) >= 11 is 0. The summed E-state index contributed by atoms with van der Waals surface area (Å²) in [5.41, 5.74) is 0.330. The van der Waals surface area contributed by atoms with Crippen molar-refractivity contribution in [3.8, 4) is 5.75 Å². The molecule has 1 rings (SSSR count). The molecule has 0 heterocycles. The molecule has 0 saturated carbocycles. The van der Waals surface area contributed by atoms with Crippen LogP contribution < -0.4 is 9.88 Å². The molecule has 0 aliphatic rings. The molecular formula is C11H15F2NO3S. The second kappa shape index (κ2) is 4.81. The van der Waals surface area contributed by atoms with E-state index in [0.717, 1.165) is 0 Å². The molecule has 4 nitrogen and oxygen atoms in total. The van der Waals surface area contributed by atoms with Gasteiger partial charge in [0.15, 0.2) is 0 Å². The van der Waals surface area contributed by atoms with Gasteiger partial charge < -0.3 is 4.74 Å². The second-order valence-electron chi connectivity index (χ2n) is 4.84. The molecule has 0 saturated heterocycles. The smallest absolute Gasteiger partial charge is 0.387 e. The third-order valence-electron chi connectivity index (χ3n) is 2.33. The summed E-state index contributed by atoms with van der Waals surface area (Å²) in [6, 6.07) is 3.98. The average Bonchev–Trinajstić information content (AvgIpc) is 2.13. The highest BCUT2D eigenvalue weighted by Gasteiger charge is 2.22. The van der Waals surface area contributed by atoms with Gasteiger partial charge in [0.25, 0.3) is 0 Å². The van der Waals surface area contributed by atoms with Crippen LogP contribution in [0.2, 0.25) is 0 Å². The van der Waals surface area contributed by atoms with E-state index in [4.69, 9.17) is 5.14 Å². The molecule has 0 unspecified atom stereocenters. The van der Waals surface area contributed by atoms with Crippen LogP contribution in [0.4, 0.5) is 8.78 Å². The molecule has 0 amide bonds. The fraction of sp³-hybridized carbons (Fsp3) is 0.455. The number of halogens is 2. The molecule has 1 aromatic rings. The van der Waals surface area contributed by atoms with Crippen LogP contribution in [0.3, 0.4) is 0 Å². The van der Waals surface area contributed by atoms with E-state index in [1.807, 2.05) is 20.8 Å². The lowest BCUT2D eigenvalue weighted by Crippen LogP contribution is -2.18. The Kier molecular flexibility index (Phi) is 3.97. The minimum Gasteiger partial charge on any atom is -0.433 e. The molecule has 0 spiro atoms. The highest BCUT2D eigenvalue weighted by Crippen LogP contribution is 2.31. The van der Waals surface area contributed by atoms with Gasteiger partial charge in [-0.05, 0) is 23.1 Å². The summed E-state index contributed by atoms with van der Waals surface area (Å²) in [7, 11) is -4.12. The third kappa shape index (κ3) is 3.64. The van der Waals surface area contributed by atoms with Crippen LogP contribution in [-0.4, -0.2) is 15.0 Å². The molecule has 18 heavy (non-hydrogen) atoms. The first-order chi connectivity index (χ1) is 8.01. The minimum atomic E-state index is -4.12. The maximum atomic E-state index is 12.2. The van der Waals surface area contributed by atoms with Crippen molar-refractivity contribution < 1.29 is 21.9 Å². The summed E-state index contributed by atoms with van der Waals surface area (Å²) in [6.07, 6.45) is 0. The van der Waals surface area contributed by atoms with Crippen molar-refractivity contribution in [2.75, 3.05) is 0 Å². The van der Waals surface area contributed by atoms with Crippen LogP contribution in [-0.2, 0) is 15.4 Å². The topological polar surface area (TPSA) is 69.4 Å². The minimum absolute atomic E-state index is 0.331. The zero-order valence-electron chi connectivity index (χ0n) is 10.3. The maximum absolute atomic E-state index is 12.2. The standard InChI is InChI=1S/C11H15F2NO3S/c1-11(2,3)7-4-5-8(17-10(12)13)9(6-7)18(14,15)16/h4-6,10H,1-3H3,(H2,14,15,16). The van der Waals surface area contributed by atoms with Gasteiger partial charge >= 0.3 is 6.61 Å². The maximum Gasteiger partial charge on any atom is 0.387 e. The zero-order chi connectivity index (χ0) is 14.1. The predicted molar refractivity (Wildman–Crippen MR) is 63.1 cm³/mol. The molecule has 0 bridgehead atoms. The van der Waals surface area contributed by atoms with E-state index in [-0.39, 0.29) is 5.41 Å². The lowest BCUT2D eigenvalue weighted by atomic mass is 9.87. The highest BCUT2D eigenvalue weighted by molar-refractivity contribution is 7.89. The van der Waals surface area contributed by atoms with E-state index in [2.05, 4.69) is 4.74 Å². The number of benzene rings is 1. The first-order valence-corrected chi connectivity index (χ1v) is 6.68. The van der Waals surface area contributed by atoms with Gasteiger partial charge in [-0.3, -0.25) is 0 Å². The Morgan fingerprint density at radius 2 is 1.83 bits per heavy atom. The van der Waals surface area contributed by atoms with Crippen molar-refractivity contribution in [2.45, 2.75) is 37.7 Å². The van der Waals surface area contributed by atoms with Crippen molar-refractivity contribution in [3.63, 3.8) is 0 Å². The number of ether oxygens (including phenoxy) is 1. The van der Waals surface area contributed by atoms with E-state index in [1.54, 1.807) is 0 Å². The Bertz CT molecular complexity index is 536. The van der Waals surface area contributed by atoms with Crippen molar-refractivity contribution >= 4 is 10.0 Å². The lowest BCUT2D eigenvalue weighted by Gasteiger charge is -2.20. The molecule has 0 aliphatic carbocycles. The van der Waals surface area contributed by atoms with Gasteiger partial charge in [-0.1, -0.05) is 26.8 Å². The Morgan fingerprint density at radius 1 is 1.28 bits per heavy atom. The van der Waals surface area contributed by atoms with Gasteiger partial charge in [-0.2, -0.15) is 8.78 Å². The van der Waals surface area contributed by atoms with Gasteiger partial charge in [0.2, 0.25) is 10.0 Å². The van der Waals surface area contributed by atoms with Gasteiger partial charge in [0, 0.05) is 0 Å². The molecule has 0 fully saturated rings. The number of nitrogens with two attached hydrogens (primary N) is 1. The Labute approximate surface area is 105 Å². The van der Waals surface area contributed by atoms with Gasteiger partial charge in [0.1, 0.15) is 10.6 Å². The van der Waals surface area contributed by atoms with Crippen LogP contribution in [0.1, 0.15) is 26.3 Å². The molecule has 0 atom stereocenters. The number of hydrogen-bond acceptors (Lipinski definition) is 3. The fourth-order valence-corrected chi connectivity index (χ4v) is 2.08. The summed E-state index contributed by atoms with van der Waals surface area (Å²) < 4.78 is 51.2. The Morgan fingerprint density at radius 3 is 2.22 bits per heavy atom. The fourth-order valence-electron chi connectivity index (χ4n) is 1.39. The lowest BCUT2D eigenvalue weighted by molar-refractivity contribution is -0.0517. The molecule has 0 aliphatic heterocycles. The molecule has 7 heteroatoms. The monoisotopic (exact) mass is 279 g/mol. The van der Waals surface area contributed by atoms with Gasteiger partial charge in [0.05, 0.1) is 0 Å². The molecular weight excluding hydrogens is 264 g/mol. The summed E-state index contributed by atoms with van der Waals surface area (Å²) in [5.74, 6) is -0.444. The number of sulfonamides is 1. The van der Waals surface area contributed by atoms with E-state index in [9.17, 15) is 17.2 Å². The van der Waals surface area contributed by atoms with Crippen LogP contribution in [0.15, 0.2) is 23.1 Å². The molecule has 2 N–H and O–H groups in total. The van der Waals surface area contributed by atoms with Gasteiger partial charge in [-0.15, -0.1) is 0 Å². The van der Waals surface area contributed by atoms with Crippen LogP contribution in [0.25, 0.3) is 0 Å². The summed E-state index contributed by atoms with van der Waals surface area (Å²) in [6.45, 7) is 2.49. The van der Waals surface area contributed by atoms with Crippen LogP contribution in [0, 0.1) is 0 Å². The van der Waals surface area contributed by atoms with Crippen molar-refractivity contribution in [1.29, 1.82) is 0 Å². The zero-order valence-corrected chi connectivity index (χ0v) is 11.1.